The molecule has 0 unspecified atom stereocenters. The van der Waals surface area contributed by atoms with Crippen molar-refractivity contribution in [3.05, 3.63) is 47.5 Å². The zero-order chi connectivity index (χ0) is 16.1. The second kappa shape index (κ2) is 7.64. The van der Waals surface area contributed by atoms with Crippen LogP contribution in [0.4, 0.5) is 0 Å². The first kappa shape index (κ1) is 16.1. The van der Waals surface area contributed by atoms with Gasteiger partial charge >= 0.3 is 0 Å². The number of H-pyrrole nitrogens is 1. The van der Waals surface area contributed by atoms with Crippen molar-refractivity contribution in [2.75, 3.05) is 20.2 Å². The number of likely N-dealkylation sites (tertiary alicyclic amines) is 1. The molecule has 0 amide bonds. The molecule has 0 saturated carbocycles. The highest BCUT2D eigenvalue weighted by Gasteiger charge is 2.20. The first-order valence-electron chi connectivity index (χ1n) is 8.58. The number of benzene rings is 1. The Labute approximate surface area is 138 Å². The number of ether oxygens (including phenoxy) is 1. The molecule has 1 aliphatic heterocycles. The van der Waals surface area contributed by atoms with Gasteiger partial charge in [0, 0.05) is 25.0 Å². The summed E-state index contributed by atoms with van der Waals surface area (Å²) >= 11 is 0. The van der Waals surface area contributed by atoms with E-state index in [9.17, 15) is 0 Å². The molecule has 3 rings (SSSR count). The van der Waals surface area contributed by atoms with Gasteiger partial charge in [0.25, 0.3) is 0 Å². The molecule has 0 aliphatic carbocycles. The van der Waals surface area contributed by atoms with Crippen LogP contribution >= 0.6 is 0 Å². The fourth-order valence-electron chi connectivity index (χ4n) is 3.52. The van der Waals surface area contributed by atoms with Crippen LogP contribution in [0.25, 0.3) is 0 Å². The lowest BCUT2D eigenvalue weighted by molar-refractivity contribution is 0.160. The van der Waals surface area contributed by atoms with E-state index in [1.54, 1.807) is 7.11 Å². The van der Waals surface area contributed by atoms with Crippen molar-refractivity contribution < 1.29 is 4.74 Å². The predicted molar refractivity (Wildman–Crippen MR) is 92.6 cm³/mol. The smallest absolute Gasteiger partial charge is 0.119 e. The van der Waals surface area contributed by atoms with Crippen LogP contribution in [-0.2, 0) is 13.0 Å². The summed E-state index contributed by atoms with van der Waals surface area (Å²) in [5, 5.41) is 0. The molecule has 1 atom stereocenters. The fourth-order valence-corrected chi connectivity index (χ4v) is 3.52. The van der Waals surface area contributed by atoms with Crippen LogP contribution in [0.1, 0.15) is 36.3 Å². The molecule has 0 spiro atoms. The zero-order valence-electron chi connectivity index (χ0n) is 14.2. The number of nitrogens with zero attached hydrogens (tertiary/aromatic N) is 2. The summed E-state index contributed by atoms with van der Waals surface area (Å²) in [5.41, 5.74) is 2.61. The first-order valence-corrected chi connectivity index (χ1v) is 8.58. The highest BCUT2D eigenvalue weighted by atomic mass is 16.5. The summed E-state index contributed by atoms with van der Waals surface area (Å²) < 4.78 is 5.31. The molecule has 124 valence electrons. The van der Waals surface area contributed by atoms with Gasteiger partial charge in [-0.1, -0.05) is 12.1 Å². The van der Waals surface area contributed by atoms with Gasteiger partial charge in [0.1, 0.15) is 11.6 Å². The minimum absolute atomic E-state index is 0.791. The van der Waals surface area contributed by atoms with Gasteiger partial charge in [0.15, 0.2) is 0 Å². The standard InChI is InChI=1S/C19H27N3O/c1-15-20-12-18(21-15)14-22-10-4-6-17(13-22)9-8-16-5-3-7-19(11-16)23-2/h3,5,7,11-12,17H,4,6,8-10,13-14H2,1-2H3,(H,20,21)/t17-/m0/s1. The third kappa shape index (κ3) is 4.58. The van der Waals surface area contributed by atoms with Gasteiger partial charge in [-0.05, 0) is 62.8 Å². The van der Waals surface area contributed by atoms with E-state index < -0.39 is 0 Å². The molecule has 1 N–H and O–H groups in total. The Balaban J connectivity index is 1.50. The molecule has 1 aliphatic rings. The van der Waals surface area contributed by atoms with Crippen LogP contribution < -0.4 is 4.74 Å². The number of hydrogen-bond donors (Lipinski definition) is 1. The number of piperidine rings is 1. The van der Waals surface area contributed by atoms with E-state index >= 15 is 0 Å². The fraction of sp³-hybridized carbons (Fsp3) is 0.526. The Morgan fingerprint density at radius 3 is 3.09 bits per heavy atom. The molecule has 1 fully saturated rings. The van der Waals surface area contributed by atoms with Crippen LogP contribution in [0, 0.1) is 12.8 Å². The zero-order valence-corrected chi connectivity index (χ0v) is 14.2. The van der Waals surface area contributed by atoms with Crippen molar-refractivity contribution in [3.63, 3.8) is 0 Å². The van der Waals surface area contributed by atoms with Gasteiger partial charge < -0.3 is 9.72 Å². The Morgan fingerprint density at radius 2 is 2.30 bits per heavy atom. The van der Waals surface area contributed by atoms with E-state index in [4.69, 9.17) is 4.74 Å². The molecule has 2 heterocycles. The lowest BCUT2D eigenvalue weighted by Gasteiger charge is -2.32. The van der Waals surface area contributed by atoms with Crippen molar-refractivity contribution in [1.82, 2.24) is 14.9 Å². The summed E-state index contributed by atoms with van der Waals surface area (Å²) in [4.78, 5) is 10.2. The molecule has 0 radical (unpaired) electrons. The Bertz CT molecular complexity index is 623. The highest BCUT2D eigenvalue weighted by molar-refractivity contribution is 5.28. The second-order valence-electron chi connectivity index (χ2n) is 6.63. The third-order valence-electron chi connectivity index (χ3n) is 4.73. The number of imidazole rings is 1. The van der Waals surface area contributed by atoms with Crippen molar-refractivity contribution >= 4 is 0 Å². The van der Waals surface area contributed by atoms with Crippen LogP contribution in [-0.4, -0.2) is 35.1 Å². The van der Waals surface area contributed by atoms with Crippen molar-refractivity contribution in [2.45, 2.75) is 39.2 Å². The molecular formula is C19H27N3O. The van der Waals surface area contributed by atoms with Crippen LogP contribution in [0.2, 0.25) is 0 Å². The maximum absolute atomic E-state index is 5.31. The molecule has 1 aromatic carbocycles. The van der Waals surface area contributed by atoms with Gasteiger partial charge in [-0.3, -0.25) is 4.90 Å². The van der Waals surface area contributed by atoms with Gasteiger partial charge in [-0.15, -0.1) is 0 Å². The summed E-state index contributed by atoms with van der Waals surface area (Å²) in [6.45, 7) is 5.41. The first-order chi connectivity index (χ1) is 11.2. The van der Waals surface area contributed by atoms with Gasteiger partial charge in [0.05, 0.1) is 7.11 Å². The van der Waals surface area contributed by atoms with Crippen molar-refractivity contribution in [2.24, 2.45) is 5.92 Å². The summed E-state index contributed by atoms with van der Waals surface area (Å²) in [7, 11) is 1.73. The maximum atomic E-state index is 5.31. The summed E-state index contributed by atoms with van der Waals surface area (Å²) in [6.07, 6.45) is 7.01. The molecule has 4 heteroatoms. The third-order valence-corrected chi connectivity index (χ3v) is 4.73. The van der Waals surface area contributed by atoms with E-state index in [1.165, 1.54) is 43.6 Å². The predicted octanol–water partition coefficient (Wildman–Crippen LogP) is 3.57. The average Bonchev–Trinajstić information content (AvgIpc) is 2.98. The minimum atomic E-state index is 0.791. The van der Waals surface area contributed by atoms with Crippen LogP contribution in [0.15, 0.2) is 30.5 Å². The number of aromatic amines is 1. The summed E-state index contributed by atoms with van der Waals surface area (Å²) in [6, 6.07) is 8.46. The minimum Gasteiger partial charge on any atom is -0.497 e. The Hall–Kier alpha value is -1.81. The number of nitrogens with one attached hydrogen (secondary N) is 1. The lowest BCUT2D eigenvalue weighted by Crippen LogP contribution is -2.35. The molecule has 1 saturated heterocycles. The molecule has 0 bridgehead atoms. The van der Waals surface area contributed by atoms with E-state index in [0.717, 1.165) is 30.5 Å². The highest BCUT2D eigenvalue weighted by Crippen LogP contribution is 2.23. The SMILES string of the molecule is COc1cccc(CC[C@@H]2CCCN(Cc3cnc(C)[nH]3)C2)c1. The number of aromatic nitrogens is 2. The van der Waals surface area contributed by atoms with E-state index in [1.807, 2.05) is 19.2 Å². The van der Waals surface area contributed by atoms with E-state index in [-0.39, 0.29) is 0 Å². The monoisotopic (exact) mass is 313 g/mol. The molecule has 4 nitrogen and oxygen atoms in total. The maximum Gasteiger partial charge on any atom is 0.119 e. The van der Waals surface area contributed by atoms with Gasteiger partial charge in [-0.25, -0.2) is 4.98 Å². The van der Waals surface area contributed by atoms with Gasteiger partial charge in [-0.2, -0.15) is 0 Å². The number of aryl methyl sites for hydroxylation is 2. The Morgan fingerprint density at radius 1 is 1.39 bits per heavy atom. The lowest BCUT2D eigenvalue weighted by atomic mass is 9.91. The molecular weight excluding hydrogens is 286 g/mol. The topological polar surface area (TPSA) is 41.1 Å². The Kier molecular flexibility index (Phi) is 5.34. The molecule has 23 heavy (non-hydrogen) atoms. The molecule has 2 aromatic rings. The van der Waals surface area contributed by atoms with E-state index in [2.05, 4.69) is 33.1 Å². The molecule has 1 aromatic heterocycles. The average molecular weight is 313 g/mol. The second-order valence-corrected chi connectivity index (χ2v) is 6.63. The number of rotatable bonds is 6. The van der Waals surface area contributed by atoms with Crippen molar-refractivity contribution in [1.29, 1.82) is 0 Å². The summed E-state index contributed by atoms with van der Waals surface area (Å²) in [5.74, 6) is 2.76. The normalized spacial score (nSPS) is 19.0. The van der Waals surface area contributed by atoms with Crippen molar-refractivity contribution in [3.8, 4) is 5.75 Å². The van der Waals surface area contributed by atoms with E-state index in [0.29, 0.717) is 0 Å². The quantitative estimate of drug-likeness (QED) is 0.886. The number of methoxy groups -OCH3 is 1. The van der Waals surface area contributed by atoms with Gasteiger partial charge in [0.2, 0.25) is 0 Å². The number of hydrogen-bond acceptors (Lipinski definition) is 3. The van der Waals surface area contributed by atoms with Crippen LogP contribution in [0.3, 0.4) is 0 Å². The van der Waals surface area contributed by atoms with Crippen LogP contribution in [0.5, 0.6) is 5.75 Å². The largest absolute Gasteiger partial charge is 0.497 e.